The molecule has 2 aliphatic heterocycles. The molecule has 0 radical (unpaired) electrons. The van der Waals surface area contributed by atoms with Crippen LogP contribution in [0.5, 0.6) is 11.5 Å². The van der Waals surface area contributed by atoms with Crippen LogP contribution >= 0.6 is 11.8 Å². The summed E-state index contributed by atoms with van der Waals surface area (Å²) in [5.74, 6) is -1.55. The maximum absolute atomic E-state index is 13.1. The Bertz CT molecular complexity index is 1190. The second-order valence-corrected chi connectivity index (χ2v) is 9.01. The van der Waals surface area contributed by atoms with Gasteiger partial charge in [0.1, 0.15) is 12.4 Å². The summed E-state index contributed by atoms with van der Waals surface area (Å²) in [5.41, 5.74) is 0.710. The molecule has 2 heterocycles. The van der Waals surface area contributed by atoms with Gasteiger partial charge in [-0.25, -0.2) is 9.18 Å². The van der Waals surface area contributed by atoms with Crippen LogP contribution in [0.4, 0.5) is 9.18 Å². The molecule has 0 bridgehead atoms. The Morgan fingerprint density at radius 3 is 2.43 bits per heavy atom. The molecule has 2 fully saturated rings. The molecule has 2 saturated heterocycles. The van der Waals surface area contributed by atoms with Crippen LogP contribution in [0, 0.1) is 5.82 Å². The van der Waals surface area contributed by atoms with E-state index in [1.54, 1.807) is 17.0 Å². The van der Waals surface area contributed by atoms with Crippen molar-refractivity contribution in [1.82, 2.24) is 9.80 Å². The zero-order chi connectivity index (χ0) is 24.9. The van der Waals surface area contributed by atoms with Crippen LogP contribution in [0.1, 0.15) is 35.2 Å². The Morgan fingerprint density at radius 1 is 1.03 bits per heavy atom. The van der Waals surface area contributed by atoms with Crippen LogP contribution in [0.3, 0.4) is 0 Å². The fourth-order valence-corrected chi connectivity index (χ4v) is 4.61. The van der Waals surface area contributed by atoms with E-state index < -0.39 is 22.9 Å². The van der Waals surface area contributed by atoms with Crippen molar-refractivity contribution < 1.29 is 33.0 Å². The van der Waals surface area contributed by atoms with Gasteiger partial charge >= 0.3 is 5.97 Å². The summed E-state index contributed by atoms with van der Waals surface area (Å²) >= 11 is 0.763. The Labute approximate surface area is 205 Å². The van der Waals surface area contributed by atoms with Gasteiger partial charge in [-0.2, -0.15) is 0 Å². The lowest BCUT2D eigenvalue weighted by Crippen LogP contribution is -2.44. The second kappa shape index (κ2) is 10.7. The number of methoxy groups -OCH3 is 1. The standard InChI is InChI=1S/C25H23FN2O6S/c1-33-20-13-16(5-10-19(20)34-24(31)17-6-8-18(26)9-7-17)14-21-23(30)28(25(32)35-21)15-22(29)27-11-3-2-4-12-27/h5-10,13-14H,2-4,11-12,15H2,1H3/b21-14-. The van der Waals surface area contributed by atoms with E-state index in [4.69, 9.17) is 9.47 Å². The van der Waals surface area contributed by atoms with Gasteiger partial charge in [-0.15, -0.1) is 0 Å². The molecule has 0 saturated carbocycles. The van der Waals surface area contributed by atoms with Crippen molar-refractivity contribution in [2.45, 2.75) is 19.3 Å². The number of rotatable bonds is 6. The summed E-state index contributed by atoms with van der Waals surface area (Å²) in [5, 5.41) is -0.497. The molecule has 0 aromatic heterocycles. The summed E-state index contributed by atoms with van der Waals surface area (Å²) < 4.78 is 23.8. The first-order chi connectivity index (χ1) is 16.9. The molecule has 0 N–H and O–H groups in total. The van der Waals surface area contributed by atoms with Gasteiger partial charge in [0.25, 0.3) is 11.1 Å². The van der Waals surface area contributed by atoms with E-state index in [0.29, 0.717) is 18.7 Å². The van der Waals surface area contributed by atoms with E-state index in [0.717, 1.165) is 48.1 Å². The molecule has 2 aromatic rings. The number of esters is 1. The summed E-state index contributed by atoms with van der Waals surface area (Å²) in [4.78, 5) is 52.9. The number of benzene rings is 2. The highest BCUT2D eigenvalue weighted by Gasteiger charge is 2.37. The van der Waals surface area contributed by atoms with Crippen LogP contribution in [0.25, 0.3) is 6.08 Å². The summed E-state index contributed by atoms with van der Waals surface area (Å²) in [6.07, 6.45) is 4.43. The van der Waals surface area contributed by atoms with Crippen molar-refractivity contribution in [2.75, 3.05) is 26.7 Å². The fraction of sp³-hybridized carbons (Fsp3) is 0.280. The number of carbonyl (C=O) groups excluding carboxylic acids is 4. The molecular weight excluding hydrogens is 475 g/mol. The first kappa shape index (κ1) is 24.5. The molecular formula is C25H23FN2O6S. The third-order valence-electron chi connectivity index (χ3n) is 5.64. The smallest absolute Gasteiger partial charge is 0.343 e. The lowest BCUT2D eigenvalue weighted by Gasteiger charge is -2.27. The maximum atomic E-state index is 13.1. The normalized spacial score (nSPS) is 17.1. The number of nitrogens with zero attached hydrogens (tertiary/aromatic N) is 2. The zero-order valence-corrected chi connectivity index (χ0v) is 19.8. The van der Waals surface area contributed by atoms with Crippen molar-refractivity contribution in [3.8, 4) is 11.5 Å². The van der Waals surface area contributed by atoms with Crippen molar-refractivity contribution in [2.24, 2.45) is 0 Å². The number of likely N-dealkylation sites (tertiary alicyclic amines) is 1. The summed E-state index contributed by atoms with van der Waals surface area (Å²) in [6.45, 7) is 1.01. The van der Waals surface area contributed by atoms with Crippen molar-refractivity contribution in [1.29, 1.82) is 0 Å². The number of halogens is 1. The average molecular weight is 499 g/mol. The Hall–Kier alpha value is -3.66. The van der Waals surface area contributed by atoms with Gasteiger partial charge in [-0.1, -0.05) is 6.07 Å². The molecule has 0 aliphatic carbocycles. The third kappa shape index (κ3) is 5.71. The number of hydrogen-bond donors (Lipinski definition) is 0. The molecule has 0 spiro atoms. The lowest BCUT2D eigenvalue weighted by atomic mass is 10.1. The van der Waals surface area contributed by atoms with E-state index >= 15 is 0 Å². The number of imide groups is 1. The minimum Gasteiger partial charge on any atom is -0.493 e. The average Bonchev–Trinajstić information content (AvgIpc) is 3.13. The zero-order valence-electron chi connectivity index (χ0n) is 19.0. The molecule has 8 nitrogen and oxygen atoms in total. The molecule has 3 amide bonds. The summed E-state index contributed by atoms with van der Waals surface area (Å²) in [6, 6.07) is 9.59. The molecule has 182 valence electrons. The van der Waals surface area contributed by atoms with Gasteiger partial charge in [-0.05, 0) is 79.1 Å². The topological polar surface area (TPSA) is 93.2 Å². The Kier molecular flexibility index (Phi) is 7.50. The van der Waals surface area contributed by atoms with E-state index in [2.05, 4.69) is 0 Å². The second-order valence-electron chi connectivity index (χ2n) is 8.02. The summed E-state index contributed by atoms with van der Waals surface area (Å²) in [7, 11) is 1.40. The van der Waals surface area contributed by atoms with Crippen LogP contribution in [-0.4, -0.2) is 59.6 Å². The molecule has 0 atom stereocenters. The first-order valence-corrected chi connectivity index (χ1v) is 11.9. The van der Waals surface area contributed by atoms with Crippen LogP contribution < -0.4 is 9.47 Å². The fourth-order valence-electron chi connectivity index (χ4n) is 3.77. The molecule has 0 unspecified atom stereocenters. The number of piperidine rings is 1. The molecule has 10 heteroatoms. The van der Waals surface area contributed by atoms with E-state index in [-0.39, 0.29) is 34.4 Å². The molecule has 35 heavy (non-hydrogen) atoms. The van der Waals surface area contributed by atoms with Crippen LogP contribution in [0.15, 0.2) is 47.4 Å². The van der Waals surface area contributed by atoms with E-state index in [1.807, 2.05) is 0 Å². The lowest BCUT2D eigenvalue weighted by molar-refractivity contribution is -0.136. The molecule has 2 aromatic carbocycles. The third-order valence-corrected chi connectivity index (χ3v) is 6.55. The number of carbonyl (C=O) groups is 4. The van der Waals surface area contributed by atoms with Crippen molar-refractivity contribution in [3.63, 3.8) is 0 Å². The number of thioether (sulfide) groups is 1. The van der Waals surface area contributed by atoms with Gasteiger partial charge in [0.05, 0.1) is 17.6 Å². The van der Waals surface area contributed by atoms with Crippen LogP contribution in [0.2, 0.25) is 0 Å². The minimum absolute atomic E-state index is 0.138. The number of ether oxygens (including phenoxy) is 2. The quantitative estimate of drug-likeness (QED) is 0.336. The van der Waals surface area contributed by atoms with E-state index in [9.17, 15) is 23.6 Å². The minimum atomic E-state index is -0.685. The van der Waals surface area contributed by atoms with Crippen molar-refractivity contribution in [3.05, 3.63) is 64.3 Å². The predicted molar refractivity (Wildman–Crippen MR) is 127 cm³/mol. The highest BCUT2D eigenvalue weighted by Crippen LogP contribution is 2.35. The number of hydrogen-bond acceptors (Lipinski definition) is 7. The largest absolute Gasteiger partial charge is 0.493 e. The SMILES string of the molecule is COc1cc(/C=C2\SC(=O)N(CC(=O)N3CCCCC3)C2=O)ccc1OC(=O)c1ccc(F)cc1. The first-order valence-electron chi connectivity index (χ1n) is 11.0. The van der Waals surface area contributed by atoms with E-state index in [1.165, 1.54) is 31.4 Å². The maximum Gasteiger partial charge on any atom is 0.343 e. The Balaban J connectivity index is 1.46. The highest BCUT2D eigenvalue weighted by molar-refractivity contribution is 8.18. The van der Waals surface area contributed by atoms with Gasteiger partial charge in [0.15, 0.2) is 11.5 Å². The number of amides is 3. The van der Waals surface area contributed by atoms with Crippen LogP contribution in [-0.2, 0) is 9.59 Å². The monoisotopic (exact) mass is 498 g/mol. The van der Waals surface area contributed by atoms with Crippen molar-refractivity contribution >= 4 is 40.9 Å². The molecule has 2 aliphatic rings. The van der Waals surface area contributed by atoms with Gasteiger partial charge in [0.2, 0.25) is 5.91 Å². The highest BCUT2D eigenvalue weighted by atomic mass is 32.2. The molecule has 4 rings (SSSR count). The Morgan fingerprint density at radius 2 is 1.74 bits per heavy atom. The van der Waals surface area contributed by atoms with Gasteiger partial charge < -0.3 is 14.4 Å². The van der Waals surface area contributed by atoms with Gasteiger partial charge in [0, 0.05) is 13.1 Å². The van der Waals surface area contributed by atoms with Gasteiger partial charge in [-0.3, -0.25) is 19.3 Å². The predicted octanol–water partition coefficient (Wildman–Crippen LogP) is 4.10.